The number of anilines is 6. The van der Waals surface area contributed by atoms with E-state index in [1.807, 2.05) is 86.7 Å². The minimum atomic E-state index is 0.596. The van der Waals surface area contributed by atoms with Gasteiger partial charge in [-0.05, 0) is 317 Å². The van der Waals surface area contributed by atoms with Gasteiger partial charge in [0.25, 0.3) is 0 Å². The van der Waals surface area contributed by atoms with E-state index in [2.05, 4.69) is 420 Å². The molecule has 0 radical (unpaired) electrons. The van der Waals surface area contributed by atoms with E-state index >= 15 is 0 Å². The van der Waals surface area contributed by atoms with Gasteiger partial charge < -0.3 is 37.2 Å². The summed E-state index contributed by atoms with van der Waals surface area (Å²) in [5.41, 5.74) is 32.4. The maximum absolute atomic E-state index is 6.75. The van der Waals surface area contributed by atoms with Gasteiger partial charge in [0, 0.05) is 89.0 Å². The Bertz CT molecular complexity index is 8620. The molecular weight excluding hydrogens is 1650 g/mol. The molecule has 0 aliphatic heterocycles. The maximum atomic E-state index is 6.75. The highest BCUT2D eigenvalue weighted by Crippen LogP contribution is 2.47. The van der Waals surface area contributed by atoms with Crippen LogP contribution in [0.25, 0.3) is 189 Å². The Morgan fingerprint density at radius 2 is 0.689 bits per heavy atom. The number of aryl methyl sites for hydroxylation is 1. The van der Waals surface area contributed by atoms with E-state index in [1.165, 1.54) is 21.5 Å². The third-order valence-corrected chi connectivity index (χ3v) is 26.2. The number of ether oxygens (including phenoxy) is 2. The smallest absolute Gasteiger partial charge is 0.227 e. The van der Waals surface area contributed by atoms with E-state index in [9.17, 15) is 0 Å². The van der Waals surface area contributed by atoms with Crippen molar-refractivity contribution in [3.63, 3.8) is 0 Å². The van der Waals surface area contributed by atoms with E-state index in [-0.39, 0.29) is 0 Å². The molecule has 0 aliphatic carbocycles. The third kappa shape index (κ3) is 15.0. The van der Waals surface area contributed by atoms with Gasteiger partial charge >= 0.3 is 0 Å². The minimum absolute atomic E-state index is 0.596. The Balaban J connectivity index is 0.469. The number of rotatable bonds is 21. The van der Waals surface area contributed by atoms with Crippen LogP contribution in [0.2, 0.25) is 0 Å². The predicted octanol–water partition coefficient (Wildman–Crippen LogP) is 34.3. The summed E-state index contributed by atoms with van der Waals surface area (Å²) in [6.07, 6.45) is 4.10. The number of para-hydroxylation sites is 7. The van der Waals surface area contributed by atoms with Crippen LogP contribution in [0.5, 0.6) is 11.5 Å². The normalized spacial score (nSPS) is 11.9. The van der Waals surface area contributed by atoms with Crippen molar-refractivity contribution in [2.24, 2.45) is 0 Å². The number of aromatic nitrogens is 4. The highest BCUT2D eigenvalue weighted by Gasteiger charge is 2.24. The Morgan fingerprint density at radius 1 is 0.274 bits per heavy atom. The lowest BCUT2D eigenvalue weighted by molar-refractivity contribution is 0.510. The van der Waals surface area contributed by atoms with Crippen molar-refractivity contribution in [2.75, 3.05) is 9.80 Å². The molecule has 0 saturated heterocycles. The summed E-state index contributed by atoms with van der Waals surface area (Å²) in [5, 5.41) is 9.32. The van der Waals surface area contributed by atoms with Gasteiger partial charge in [-0.2, -0.15) is 0 Å². The van der Waals surface area contributed by atoms with Crippen LogP contribution in [-0.4, -0.2) is 19.1 Å². The summed E-state index contributed by atoms with van der Waals surface area (Å²) in [4.78, 5) is 14.2. The maximum Gasteiger partial charge on any atom is 0.227 e. The van der Waals surface area contributed by atoms with Crippen molar-refractivity contribution >= 4 is 133 Å². The monoisotopic (exact) mass is 1730 g/mol. The van der Waals surface area contributed by atoms with Gasteiger partial charge in [0.15, 0.2) is 11.2 Å². The molecule has 0 spiro atoms. The summed E-state index contributed by atoms with van der Waals surface area (Å²) >= 11 is 0. The molecule has 135 heavy (non-hydrogen) atoms. The van der Waals surface area contributed by atoms with Gasteiger partial charge in [-0.3, -0.25) is 0 Å². The third-order valence-electron chi connectivity index (χ3n) is 26.2. The fourth-order valence-electron chi connectivity index (χ4n) is 19.3. The second-order valence-electron chi connectivity index (χ2n) is 34.3. The molecule has 640 valence electrons. The van der Waals surface area contributed by atoms with Crippen molar-refractivity contribution in [1.29, 1.82) is 0 Å². The van der Waals surface area contributed by atoms with Crippen LogP contribution >= 0.6 is 0 Å². The average Bonchev–Trinajstić information content (AvgIpc) is 1.57. The van der Waals surface area contributed by atoms with Crippen LogP contribution in [-0.2, 0) is 0 Å². The molecule has 24 aromatic rings. The number of allylic oxidation sites excluding steroid dienone is 2. The first kappa shape index (κ1) is 80.5. The summed E-state index contributed by atoms with van der Waals surface area (Å²) in [7, 11) is 0. The number of oxazole rings is 2. The fourth-order valence-corrected chi connectivity index (χ4v) is 19.3. The van der Waals surface area contributed by atoms with E-state index < -0.39 is 0 Å². The molecule has 0 unspecified atom stereocenters. The highest BCUT2D eigenvalue weighted by atomic mass is 16.5. The quantitative estimate of drug-likeness (QED) is 0.0658. The van der Waals surface area contributed by atoms with Crippen molar-refractivity contribution in [3.8, 4) is 101 Å². The van der Waals surface area contributed by atoms with Crippen LogP contribution < -0.4 is 19.3 Å². The molecule has 0 saturated carbocycles. The molecule has 0 fully saturated rings. The lowest BCUT2D eigenvalue weighted by atomic mass is 9.98. The van der Waals surface area contributed by atoms with Crippen molar-refractivity contribution < 1.29 is 18.3 Å². The summed E-state index contributed by atoms with van der Waals surface area (Å²) < 4.78 is 30.5. The summed E-state index contributed by atoms with van der Waals surface area (Å²) in [6.45, 7) is 6.16. The topological polar surface area (TPSA) is 86.9 Å². The standard InChI is InChI=1S/C125H86N6O4/c1-4-118(91-38-34-88(35-39-91)95-57-75-115-109(79-95)108-26-12-15-29-114(108)130(115)103-66-48-86(49-67-103)84-44-62-100(63-45-84)128(98-23-7-6-8-24-98)99-60-42-83(43-61-99)82-36-40-92(41-37-82)124-126-111-27-13-17-32-121(111)134-124)132-105-72-54-89(55-73-105)94-56-74-107-96(78-94)58-77-117-123(107)110-80-97(119(5-2)133-120-31-16-9-20-81(120)3)59-76-116(110)131(117)104-68-50-87(51-69-104)85-46-64-101(65-47-85)129(113-30-19-22-90-21-10-11-25-106(90)113)102-70-52-93(53-71-102)125-127-112-28-14-18-33-122(112)135-125/h4-80H,1-3H3/b118-4+,119-5+. The van der Waals surface area contributed by atoms with Crippen LogP contribution in [0.4, 0.5) is 34.1 Å². The first-order chi connectivity index (χ1) is 66.7. The number of nitrogens with zero attached hydrogens (tertiary/aromatic N) is 6. The lowest BCUT2D eigenvalue weighted by Gasteiger charge is -2.27. The Kier molecular flexibility index (Phi) is 20.4. The van der Waals surface area contributed by atoms with Crippen LogP contribution in [0.15, 0.2) is 476 Å². The molecule has 0 N–H and O–H groups in total. The van der Waals surface area contributed by atoms with E-state index in [4.69, 9.17) is 28.3 Å². The number of fused-ring (bicyclic) bond motifs is 11. The molecule has 0 atom stereocenters. The lowest BCUT2D eigenvalue weighted by Crippen LogP contribution is -2.10. The van der Waals surface area contributed by atoms with Crippen LogP contribution in [0, 0.1) is 6.92 Å². The zero-order valence-corrected chi connectivity index (χ0v) is 74.3. The predicted molar refractivity (Wildman–Crippen MR) is 559 cm³/mol. The van der Waals surface area contributed by atoms with Crippen LogP contribution in [0.1, 0.15) is 30.5 Å². The van der Waals surface area contributed by atoms with E-state index in [1.54, 1.807) is 0 Å². The second-order valence-corrected chi connectivity index (χ2v) is 34.3. The van der Waals surface area contributed by atoms with Crippen LogP contribution in [0.3, 0.4) is 0 Å². The van der Waals surface area contributed by atoms with E-state index in [0.29, 0.717) is 11.8 Å². The Labute approximate surface area is 781 Å². The number of hydrogen-bond donors (Lipinski definition) is 0. The van der Waals surface area contributed by atoms with Gasteiger partial charge in [-0.25, -0.2) is 9.97 Å². The van der Waals surface area contributed by atoms with Gasteiger partial charge in [0.2, 0.25) is 11.8 Å². The molecule has 4 aromatic heterocycles. The molecule has 10 nitrogen and oxygen atoms in total. The average molecular weight is 1740 g/mol. The second kappa shape index (κ2) is 34.2. The zero-order chi connectivity index (χ0) is 90.0. The number of benzene rings is 20. The van der Waals surface area contributed by atoms with Crippen molar-refractivity contribution in [1.82, 2.24) is 19.1 Å². The summed E-state index contributed by atoms with van der Waals surface area (Å²) in [6, 6.07) is 162. The first-order valence-corrected chi connectivity index (χ1v) is 45.8. The Morgan fingerprint density at radius 3 is 1.29 bits per heavy atom. The van der Waals surface area contributed by atoms with Gasteiger partial charge in [0.1, 0.15) is 34.1 Å². The van der Waals surface area contributed by atoms with Crippen molar-refractivity contribution in [2.45, 2.75) is 20.8 Å². The molecular formula is C125H86N6O4. The molecule has 0 aliphatic rings. The fraction of sp³-hybridized carbons (Fsp3) is 0.0240. The summed E-state index contributed by atoms with van der Waals surface area (Å²) in [5.74, 6) is 4.37. The largest absolute Gasteiger partial charge is 0.457 e. The zero-order valence-electron chi connectivity index (χ0n) is 74.3. The van der Waals surface area contributed by atoms with Gasteiger partial charge in [-0.1, -0.05) is 249 Å². The minimum Gasteiger partial charge on any atom is -0.457 e. The molecule has 20 aromatic carbocycles. The van der Waals surface area contributed by atoms with Gasteiger partial charge in [-0.15, -0.1) is 0 Å². The molecule has 24 rings (SSSR count). The number of hydrogen-bond acceptors (Lipinski definition) is 8. The van der Waals surface area contributed by atoms with Gasteiger partial charge in [0.05, 0.1) is 27.8 Å². The first-order valence-electron chi connectivity index (χ1n) is 45.8. The van der Waals surface area contributed by atoms with Crippen molar-refractivity contribution in [3.05, 3.63) is 484 Å². The highest BCUT2D eigenvalue weighted by molar-refractivity contribution is 6.22. The molecule has 10 heteroatoms. The molecule has 0 bridgehead atoms. The molecule has 0 amide bonds. The van der Waals surface area contributed by atoms with E-state index in [0.717, 1.165) is 218 Å². The SMILES string of the molecule is C/C=C(/Oc1ccc(-c2ccc3c(ccc4c3c3cc(/C(=C\C)Oc5ccccc5C)ccc3n4-c3ccc(-c4ccc(N(c5ccc(-c6nc7ccccc7o6)cc5)c5cccc6ccccc56)cc4)cc3)c2)cc1)c1ccc(-c2ccc3c(c2)c2ccccc2n3-c2ccc(-c3ccc(N(c4ccccc4)c4ccc(-c5ccc(-c6nc7ccccc7o6)cc5)cc4)cc3)cc2)cc1. The molecule has 4 heterocycles. The Hall–Kier alpha value is -17.9.